The Hall–Kier alpha value is -0.610. The van der Waals surface area contributed by atoms with E-state index in [0.717, 1.165) is 18.2 Å². The molecule has 1 aromatic heterocycles. The first kappa shape index (κ1) is 8.97. The first-order chi connectivity index (χ1) is 6.34. The van der Waals surface area contributed by atoms with E-state index in [0.29, 0.717) is 6.04 Å². The van der Waals surface area contributed by atoms with Crippen molar-refractivity contribution < 1.29 is 0 Å². The van der Waals surface area contributed by atoms with Gasteiger partial charge in [0.2, 0.25) is 0 Å². The van der Waals surface area contributed by atoms with Crippen LogP contribution in [0.25, 0.3) is 0 Å². The Kier molecular flexibility index (Phi) is 2.80. The van der Waals surface area contributed by atoms with Crippen LogP contribution < -0.4 is 10.6 Å². The van der Waals surface area contributed by atoms with Gasteiger partial charge in [-0.15, -0.1) is 11.3 Å². The predicted molar refractivity (Wildman–Crippen MR) is 56.4 cm³/mol. The molecule has 4 heteroatoms. The van der Waals surface area contributed by atoms with Crippen molar-refractivity contribution in [2.75, 3.05) is 18.4 Å². The number of nitrogens with one attached hydrogen (secondary N) is 2. The van der Waals surface area contributed by atoms with Crippen LogP contribution in [0.3, 0.4) is 0 Å². The van der Waals surface area contributed by atoms with Crippen molar-refractivity contribution in [3.8, 4) is 0 Å². The van der Waals surface area contributed by atoms with Crippen LogP contribution in [0, 0.1) is 6.92 Å². The van der Waals surface area contributed by atoms with Crippen LogP contribution in [-0.2, 0) is 0 Å². The van der Waals surface area contributed by atoms with Crippen LogP contribution in [0.2, 0.25) is 0 Å². The first-order valence-electron chi connectivity index (χ1n) is 4.74. The van der Waals surface area contributed by atoms with E-state index in [4.69, 9.17) is 0 Å². The summed E-state index contributed by atoms with van der Waals surface area (Å²) in [5, 5.41) is 7.88. The maximum atomic E-state index is 4.29. The van der Waals surface area contributed by atoms with Gasteiger partial charge in [-0.3, -0.25) is 0 Å². The van der Waals surface area contributed by atoms with Crippen molar-refractivity contribution in [1.29, 1.82) is 0 Å². The second-order valence-electron chi connectivity index (χ2n) is 3.46. The van der Waals surface area contributed by atoms with Gasteiger partial charge in [-0.2, -0.15) is 0 Å². The summed E-state index contributed by atoms with van der Waals surface area (Å²) in [4.78, 5) is 5.56. The number of piperidine rings is 1. The van der Waals surface area contributed by atoms with E-state index >= 15 is 0 Å². The summed E-state index contributed by atoms with van der Waals surface area (Å²) in [6, 6.07) is 0.569. The molecule has 2 rings (SSSR count). The summed E-state index contributed by atoms with van der Waals surface area (Å²) >= 11 is 1.73. The van der Waals surface area contributed by atoms with Gasteiger partial charge in [-0.1, -0.05) is 0 Å². The minimum atomic E-state index is 0.569. The van der Waals surface area contributed by atoms with E-state index in [-0.39, 0.29) is 0 Å². The van der Waals surface area contributed by atoms with Crippen molar-refractivity contribution >= 4 is 16.5 Å². The molecular weight excluding hydrogens is 182 g/mol. The number of anilines is 1. The zero-order valence-corrected chi connectivity index (χ0v) is 8.66. The Labute approximate surface area is 82.6 Å². The first-order valence-corrected chi connectivity index (χ1v) is 5.56. The molecule has 13 heavy (non-hydrogen) atoms. The third-order valence-electron chi connectivity index (χ3n) is 2.25. The number of thiazole rings is 1. The molecule has 72 valence electrons. The van der Waals surface area contributed by atoms with Crippen molar-refractivity contribution in [2.24, 2.45) is 0 Å². The molecule has 1 unspecified atom stereocenters. The Bertz CT molecular complexity index is 266. The van der Waals surface area contributed by atoms with Gasteiger partial charge < -0.3 is 10.6 Å². The molecule has 3 nitrogen and oxygen atoms in total. The molecule has 2 heterocycles. The lowest BCUT2D eigenvalue weighted by Gasteiger charge is -2.23. The molecule has 0 spiro atoms. The normalized spacial score (nSPS) is 23.0. The zero-order chi connectivity index (χ0) is 9.10. The highest BCUT2D eigenvalue weighted by Crippen LogP contribution is 2.18. The minimum absolute atomic E-state index is 0.569. The van der Waals surface area contributed by atoms with Crippen LogP contribution in [0.1, 0.15) is 17.7 Å². The highest BCUT2D eigenvalue weighted by Gasteiger charge is 2.13. The monoisotopic (exact) mass is 197 g/mol. The van der Waals surface area contributed by atoms with Gasteiger partial charge in [0.05, 0.1) is 0 Å². The molecule has 0 amide bonds. The summed E-state index contributed by atoms with van der Waals surface area (Å²) < 4.78 is 0. The zero-order valence-electron chi connectivity index (χ0n) is 7.84. The summed E-state index contributed by atoms with van der Waals surface area (Å²) in [5.74, 6) is 0. The van der Waals surface area contributed by atoms with E-state index in [1.54, 1.807) is 11.3 Å². The highest BCUT2D eigenvalue weighted by atomic mass is 32.1. The molecule has 2 N–H and O–H groups in total. The average molecular weight is 197 g/mol. The van der Waals surface area contributed by atoms with E-state index in [9.17, 15) is 0 Å². The highest BCUT2D eigenvalue weighted by molar-refractivity contribution is 7.15. The van der Waals surface area contributed by atoms with Gasteiger partial charge in [0.15, 0.2) is 5.13 Å². The Balaban J connectivity index is 1.89. The van der Waals surface area contributed by atoms with Crippen molar-refractivity contribution in [2.45, 2.75) is 25.8 Å². The quantitative estimate of drug-likeness (QED) is 0.756. The molecule has 0 aromatic carbocycles. The third-order valence-corrected chi connectivity index (χ3v) is 3.09. The molecule has 1 saturated heterocycles. The molecule has 0 bridgehead atoms. The standard InChI is InChI=1S/C9H15N3S/c1-7-5-11-9(13-7)12-8-3-2-4-10-6-8/h5,8,10H,2-4,6H2,1H3,(H,11,12). The Morgan fingerprint density at radius 3 is 3.23 bits per heavy atom. The number of rotatable bonds is 2. The SMILES string of the molecule is Cc1cnc(NC2CCCNC2)s1. The lowest BCUT2D eigenvalue weighted by molar-refractivity contribution is 0.480. The van der Waals surface area contributed by atoms with E-state index in [2.05, 4.69) is 22.5 Å². The Morgan fingerprint density at radius 2 is 2.62 bits per heavy atom. The topological polar surface area (TPSA) is 37.0 Å². The summed E-state index contributed by atoms with van der Waals surface area (Å²) in [6.07, 6.45) is 4.44. The van der Waals surface area contributed by atoms with Gasteiger partial charge >= 0.3 is 0 Å². The molecule has 0 aliphatic carbocycles. The Morgan fingerprint density at radius 1 is 1.69 bits per heavy atom. The van der Waals surface area contributed by atoms with Crippen molar-refractivity contribution in [3.05, 3.63) is 11.1 Å². The van der Waals surface area contributed by atoms with Gasteiger partial charge in [0.25, 0.3) is 0 Å². The maximum Gasteiger partial charge on any atom is 0.183 e. The van der Waals surface area contributed by atoms with Gasteiger partial charge in [-0.05, 0) is 26.3 Å². The molecular formula is C9H15N3S. The van der Waals surface area contributed by atoms with Gasteiger partial charge in [-0.25, -0.2) is 4.98 Å². The van der Waals surface area contributed by atoms with Crippen LogP contribution in [0.15, 0.2) is 6.20 Å². The molecule has 0 saturated carbocycles. The molecule has 0 radical (unpaired) electrons. The largest absolute Gasteiger partial charge is 0.358 e. The van der Waals surface area contributed by atoms with Crippen LogP contribution in [-0.4, -0.2) is 24.1 Å². The second kappa shape index (κ2) is 4.07. The number of hydrogen-bond acceptors (Lipinski definition) is 4. The number of aryl methyl sites for hydroxylation is 1. The molecule has 1 fully saturated rings. The summed E-state index contributed by atoms with van der Waals surface area (Å²) in [5.41, 5.74) is 0. The lowest BCUT2D eigenvalue weighted by atomic mass is 10.1. The minimum Gasteiger partial charge on any atom is -0.358 e. The van der Waals surface area contributed by atoms with Gasteiger partial charge in [0.1, 0.15) is 0 Å². The number of hydrogen-bond donors (Lipinski definition) is 2. The van der Waals surface area contributed by atoms with E-state index in [1.165, 1.54) is 17.7 Å². The average Bonchev–Trinajstić information content (AvgIpc) is 2.53. The lowest BCUT2D eigenvalue weighted by Crippen LogP contribution is -2.38. The maximum absolute atomic E-state index is 4.29. The molecule has 1 aliphatic heterocycles. The van der Waals surface area contributed by atoms with Crippen molar-refractivity contribution in [1.82, 2.24) is 10.3 Å². The molecule has 1 aromatic rings. The summed E-state index contributed by atoms with van der Waals surface area (Å²) in [6.45, 7) is 4.32. The third kappa shape index (κ3) is 2.42. The fourth-order valence-electron chi connectivity index (χ4n) is 1.57. The predicted octanol–water partition coefficient (Wildman–Crippen LogP) is 1.62. The second-order valence-corrected chi connectivity index (χ2v) is 4.70. The van der Waals surface area contributed by atoms with Crippen LogP contribution in [0.4, 0.5) is 5.13 Å². The summed E-state index contributed by atoms with van der Waals surface area (Å²) in [7, 11) is 0. The smallest absolute Gasteiger partial charge is 0.183 e. The van der Waals surface area contributed by atoms with Crippen LogP contribution >= 0.6 is 11.3 Å². The van der Waals surface area contributed by atoms with Crippen LogP contribution in [0.5, 0.6) is 0 Å². The fourth-order valence-corrected chi connectivity index (χ4v) is 2.31. The number of nitrogens with zero attached hydrogens (tertiary/aromatic N) is 1. The van der Waals surface area contributed by atoms with E-state index in [1.807, 2.05) is 6.20 Å². The molecule has 1 aliphatic rings. The fraction of sp³-hybridized carbons (Fsp3) is 0.667. The molecule has 1 atom stereocenters. The number of aromatic nitrogens is 1. The van der Waals surface area contributed by atoms with E-state index < -0.39 is 0 Å². The van der Waals surface area contributed by atoms with Gasteiger partial charge in [0, 0.05) is 23.7 Å². The van der Waals surface area contributed by atoms with Crippen molar-refractivity contribution in [3.63, 3.8) is 0 Å².